The van der Waals surface area contributed by atoms with E-state index < -0.39 is 47.2 Å². The van der Waals surface area contributed by atoms with E-state index >= 15 is 0 Å². The molecule has 4 bridgehead atoms. The molecule has 0 aromatic heterocycles. The molecule has 5 N–H and O–H groups in total. The number of thioether (sulfide) groups is 1. The van der Waals surface area contributed by atoms with Crippen LogP contribution >= 0.6 is 11.8 Å². The Morgan fingerprint density at radius 2 is 1.84 bits per heavy atom. The van der Waals surface area contributed by atoms with E-state index in [0.29, 0.717) is 76.6 Å². The maximum atomic E-state index is 14.7. The van der Waals surface area contributed by atoms with E-state index in [2.05, 4.69) is 10.6 Å². The van der Waals surface area contributed by atoms with Gasteiger partial charge in [-0.15, -0.1) is 11.8 Å². The molecule has 0 aliphatic carbocycles. The molecule has 10 rings (SSSR count). The number of aliphatic hydroxyl groups is 1. The van der Waals surface area contributed by atoms with E-state index in [-0.39, 0.29) is 48.8 Å². The van der Waals surface area contributed by atoms with Gasteiger partial charge >= 0.3 is 11.9 Å². The molecule has 56 heavy (non-hydrogen) atoms. The number of aliphatic hydroxyl groups excluding tert-OH is 1. The molecule has 0 amide bonds. The minimum absolute atomic E-state index is 0.0212. The number of nitrogens with zero attached hydrogens (tertiary/aromatic N) is 1. The van der Waals surface area contributed by atoms with Crippen LogP contribution in [0.1, 0.15) is 88.0 Å². The van der Waals surface area contributed by atoms with Gasteiger partial charge in [-0.2, -0.15) is 0 Å². The molecule has 2 saturated heterocycles. The zero-order valence-corrected chi connectivity index (χ0v) is 32.8. The second-order valence-electron chi connectivity index (χ2n) is 15.5. The lowest BCUT2D eigenvalue weighted by atomic mass is 9.74. The molecule has 7 aliphatic heterocycles. The highest BCUT2D eigenvalue weighted by molar-refractivity contribution is 7.99. The monoisotopic (exact) mass is 789 g/mol. The summed E-state index contributed by atoms with van der Waals surface area (Å²) in [6.07, 6.45) is 1.62. The summed E-state index contributed by atoms with van der Waals surface area (Å²) in [5.74, 6) is 1.12. The average molecular weight is 790 g/mol. The van der Waals surface area contributed by atoms with Gasteiger partial charge in [-0.3, -0.25) is 15.0 Å². The number of aryl methyl sites for hydroxylation is 1. The number of esters is 2. The Morgan fingerprint density at radius 3 is 2.61 bits per heavy atom. The fraction of sp³-hybridized carbons (Fsp3) is 0.512. The Kier molecular flexibility index (Phi) is 9.23. The van der Waals surface area contributed by atoms with Crippen LogP contribution in [-0.4, -0.2) is 90.4 Å². The Morgan fingerprint density at radius 1 is 1.04 bits per heavy atom. The van der Waals surface area contributed by atoms with Crippen LogP contribution in [0.5, 0.6) is 40.2 Å². The third kappa shape index (κ3) is 5.37. The van der Waals surface area contributed by atoms with Gasteiger partial charge in [-0.25, -0.2) is 4.79 Å². The third-order valence-corrected chi connectivity index (χ3v) is 13.9. The first-order chi connectivity index (χ1) is 27.0. The number of hydrogen-bond acceptors (Lipinski definition) is 15. The number of ether oxygens (including phenoxy) is 6. The van der Waals surface area contributed by atoms with E-state index in [1.165, 1.54) is 26.0 Å². The molecule has 15 heteroatoms. The zero-order valence-electron chi connectivity index (χ0n) is 32.0. The first-order valence-electron chi connectivity index (χ1n) is 19.2. The number of aromatic hydroxyl groups is 2. The minimum Gasteiger partial charge on any atom is -0.504 e. The number of benzene rings is 3. The van der Waals surface area contributed by atoms with Gasteiger partial charge in [0, 0.05) is 47.0 Å². The number of rotatable bonds is 6. The maximum Gasteiger partial charge on any atom is 0.331 e. The third-order valence-electron chi connectivity index (χ3n) is 12.5. The fourth-order valence-corrected chi connectivity index (χ4v) is 11.6. The van der Waals surface area contributed by atoms with Crippen LogP contribution in [0.4, 0.5) is 0 Å². The standard InChI is InChI=1S/C41H47N3O11S/c1-6-7-8-27(46)55-35-19(3)36-37(54-17-53-36)29-24-15-52-40(49)41(22-14-26(50-4)25(45)13-20(22)9-10-42-41)16-56-38(30(29)35)32-31-28-21(11-18(2)34(51-5)33(28)47)12-23(43-31)39(48)44(24)32/h11,13-14,23-24,31-32,38-39,42-43,45,47-48H,6-10,12,15-17H2,1-5H3/t23-,24+,31+,32?,38+,39-,41+/m0/s1. The van der Waals surface area contributed by atoms with Gasteiger partial charge < -0.3 is 49.1 Å². The van der Waals surface area contributed by atoms with Crippen LogP contribution in [0.15, 0.2) is 18.2 Å². The predicted molar refractivity (Wildman–Crippen MR) is 204 cm³/mol. The summed E-state index contributed by atoms with van der Waals surface area (Å²) in [4.78, 5) is 30.3. The Labute approximate surface area is 328 Å². The van der Waals surface area contributed by atoms with Crippen molar-refractivity contribution in [1.82, 2.24) is 15.5 Å². The lowest BCUT2D eigenvalue weighted by Crippen LogP contribution is -2.69. The zero-order chi connectivity index (χ0) is 39.2. The maximum absolute atomic E-state index is 14.7. The number of piperazine rings is 1. The molecular formula is C41H47N3O11S. The van der Waals surface area contributed by atoms with E-state index in [1.54, 1.807) is 12.1 Å². The summed E-state index contributed by atoms with van der Waals surface area (Å²) in [6, 6.07) is 3.01. The second kappa shape index (κ2) is 13.9. The molecule has 7 heterocycles. The highest BCUT2D eigenvalue weighted by atomic mass is 32.2. The van der Waals surface area contributed by atoms with Gasteiger partial charge in [-0.05, 0) is 67.5 Å². The number of unbranched alkanes of at least 4 members (excludes halogenated alkanes) is 1. The smallest absolute Gasteiger partial charge is 0.331 e. The van der Waals surface area contributed by atoms with Crippen molar-refractivity contribution in [2.45, 2.75) is 94.1 Å². The van der Waals surface area contributed by atoms with Crippen molar-refractivity contribution < 1.29 is 53.3 Å². The summed E-state index contributed by atoms with van der Waals surface area (Å²) >= 11 is 1.47. The molecule has 1 spiro atoms. The number of carbonyl (C=O) groups excluding carboxylic acids is 2. The number of nitrogens with one attached hydrogen (secondary N) is 2. The Bertz CT molecular complexity index is 2150. The molecule has 0 radical (unpaired) electrons. The summed E-state index contributed by atoms with van der Waals surface area (Å²) in [5.41, 5.74) is 4.35. The normalized spacial score (nSPS) is 28.4. The van der Waals surface area contributed by atoms with Crippen LogP contribution in [0.25, 0.3) is 0 Å². The van der Waals surface area contributed by atoms with E-state index in [1.807, 2.05) is 31.7 Å². The molecule has 3 aromatic rings. The molecule has 14 nitrogen and oxygen atoms in total. The van der Waals surface area contributed by atoms with Crippen molar-refractivity contribution in [1.29, 1.82) is 0 Å². The molecule has 3 aromatic carbocycles. The number of methoxy groups -OCH3 is 2. The van der Waals surface area contributed by atoms with Gasteiger partial charge in [0.15, 0.2) is 40.0 Å². The second-order valence-corrected chi connectivity index (χ2v) is 16.6. The van der Waals surface area contributed by atoms with Crippen molar-refractivity contribution in [2.75, 3.05) is 39.9 Å². The van der Waals surface area contributed by atoms with Crippen LogP contribution in [0, 0.1) is 13.8 Å². The molecular weight excluding hydrogens is 743 g/mol. The quantitative estimate of drug-likeness (QED) is 0.177. The predicted octanol–water partition coefficient (Wildman–Crippen LogP) is 4.24. The molecule has 7 aliphatic rings. The van der Waals surface area contributed by atoms with Crippen molar-refractivity contribution in [2.24, 2.45) is 0 Å². The highest BCUT2D eigenvalue weighted by Crippen LogP contribution is 2.63. The van der Waals surface area contributed by atoms with Crippen LogP contribution in [0.2, 0.25) is 0 Å². The fourth-order valence-electron chi connectivity index (χ4n) is 9.95. The number of phenols is 2. The Balaban J connectivity index is 1.29. The van der Waals surface area contributed by atoms with Crippen LogP contribution in [0.3, 0.4) is 0 Å². The van der Waals surface area contributed by atoms with Crippen molar-refractivity contribution in [3.63, 3.8) is 0 Å². The molecule has 1 unspecified atom stereocenters. The summed E-state index contributed by atoms with van der Waals surface area (Å²) < 4.78 is 36.3. The van der Waals surface area contributed by atoms with E-state index in [0.717, 1.165) is 23.1 Å². The molecule has 0 saturated carbocycles. The lowest BCUT2D eigenvalue weighted by Gasteiger charge is -2.59. The SMILES string of the molecule is CCCCC(=O)Oc1c(C)c2c(c3c1[C@H]1SC[C@]4(NCCc5cc(O)c(OC)cc54)C(=O)OC[C@H]3N3C1[C@@H]1N[C@@H](Cc4cc(C)c(OC)c(O)c41)[C@@H]3O)OCO2. The van der Waals surface area contributed by atoms with Gasteiger partial charge in [0.05, 0.1) is 37.6 Å². The van der Waals surface area contributed by atoms with Crippen molar-refractivity contribution in [3.8, 4) is 40.2 Å². The average Bonchev–Trinajstić information content (AvgIpc) is 3.68. The summed E-state index contributed by atoms with van der Waals surface area (Å²) in [6.45, 7) is 5.94. The number of carbonyl (C=O) groups is 2. The van der Waals surface area contributed by atoms with E-state index in [4.69, 9.17) is 28.4 Å². The van der Waals surface area contributed by atoms with Gasteiger partial charge in [0.2, 0.25) is 6.79 Å². The highest BCUT2D eigenvalue weighted by Gasteiger charge is 2.60. The lowest BCUT2D eigenvalue weighted by molar-refractivity contribution is -0.164. The van der Waals surface area contributed by atoms with Gasteiger partial charge in [-0.1, -0.05) is 19.4 Å². The molecule has 7 atom stereocenters. The minimum atomic E-state index is -1.36. The number of fused-ring (bicyclic) bond motifs is 9. The Hall–Kier alpha value is -4.41. The first-order valence-corrected chi connectivity index (χ1v) is 20.3. The topological polar surface area (TPSA) is 178 Å². The van der Waals surface area contributed by atoms with Crippen LogP contribution in [-0.2, 0) is 32.7 Å². The molecule has 2 fully saturated rings. The summed E-state index contributed by atoms with van der Waals surface area (Å²) in [7, 11) is 3.00. The first kappa shape index (κ1) is 37.2. The van der Waals surface area contributed by atoms with E-state index in [9.17, 15) is 24.9 Å². The largest absolute Gasteiger partial charge is 0.504 e. The van der Waals surface area contributed by atoms with Crippen molar-refractivity contribution >= 4 is 23.7 Å². The number of hydrogen-bond donors (Lipinski definition) is 5. The molecule has 298 valence electrons. The number of phenolic OH excluding ortho intramolecular Hbond substituents is 2. The van der Waals surface area contributed by atoms with Crippen molar-refractivity contribution in [3.05, 3.63) is 62.7 Å². The van der Waals surface area contributed by atoms with Gasteiger partial charge in [0.1, 0.15) is 18.6 Å². The van der Waals surface area contributed by atoms with Crippen LogP contribution < -0.4 is 34.3 Å². The summed E-state index contributed by atoms with van der Waals surface area (Å²) in [5, 5.41) is 41.8. The van der Waals surface area contributed by atoms with Gasteiger partial charge in [0.25, 0.3) is 0 Å².